The molecule has 0 spiro atoms. The van der Waals surface area contributed by atoms with Crippen molar-refractivity contribution >= 4 is 40.1 Å². The maximum atomic E-state index is 12.9. The van der Waals surface area contributed by atoms with Crippen molar-refractivity contribution in [1.82, 2.24) is 5.32 Å². The average Bonchev–Trinajstić information content (AvgIpc) is 2.32. The molecule has 0 fully saturated rings. The van der Waals surface area contributed by atoms with Crippen LogP contribution in [0.4, 0.5) is 4.39 Å². The second kappa shape index (κ2) is 7.87. The van der Waals surface area contributed by atoms with Gasteiger partial charge in [0.15, 0.2) is 0 Å². The lowest BCUT2D eigenvalue weighted by atomic mass is 10.2. The first-order valence-corrected chi connectivity index (χ1v) is 7.34. The highest BCUT2D eigenvalue weighted by atomic mass is 127. The number of hydrogen-bond acceptors (Lipinski definition) is 1. The smallest absolute Gasteiger partial charge is 0.251 e. The van der Waals surface area contributed by atoms with Crippen molar-refractivity contribution < 1.29 is 9.18 Å². The first-order valence-electron chi connectivity index (χ1n) is 5.44. The van der Waals surface area contributed by atoms with Crippen LogP contribution in [0.25, 0.3) is 0 Å². The topological polar surface area (TPSA) is 29.1 Å². The Bertz CT molecular complexity index is 387. The zero-order chi connectivity index (χ0) is 12.7. The van der Waals surface area contributed by atoms with Crippen LogP contribution in [0, 0.1) is 5.82 Å². The van der Waals surface area contributed by atoms with Crippen LogP contribution in [-0.2, 0) is 0 Å². The van der Waals surface area contributed by atoms with Crippen LogP contribution in [0.5, 0.6) is 0 Å². The standard InChI is InChI=1S/C12H14ClFINO/c13-10-8-9(4-5-11(10)14)12(17)16-7-3-1-2-6-15/h4-5,8H,1-3,6-7H2,(H,16,17). The predicted octanol–water partition coefficient (Wildman–Crippen LogP) is 3.81. The van der Waals surface area contributed by atoms with Crippen LogP contribution in [0.3, 0.4) is 0 Å². The highest BCUT2D eigenvalue weighted by Crippen LogP contribution is 2.15. The van der Waals surface area contributed by atoms with Crippen molar-refractivity contribution in [2.24, 2.45) is 0 Å². The van der Waals surface area contributed by atoms with Crippen LogP contribution in [0.15, 0.2) is 18.2 Å². The number of halogens is 3. The summed E-state index contributed by atoms with van der Waals surface area (Å²) in [5.41, 5.74) is 0.394. The van der Waals surface area contributed by atoms with Crippen LogP contribution in [0.1, 0.15) is 29.6 Å². The molecular weight excluding hydrogens is 355 g/mol. The van der Waals surface area contributed by atoms with E-state index in [1.807, 2.05) is 0 Å². The van der Waals surface area contributed by atoms with E-state index in [2.05, 4.69) is 27.9 Å². The molecule has 0 radical (unpaired) electrons. The Labute approximate surface area is 119 Å². The zero-order valence-corrected chi connectivity index (χ0v) is 12.2. The molecule has 1 N–H and O–H groups in total. The molecule has 0 aliphatic rings. The van der Waals surface area contributed by atoms with Crippen molar-refractivity contribution in [2.45, 2.75) is 19.3 Å². The summed E-state index contributed by atoms with van der Waals surface area (Å²) in [6.07, 6.45) is 3.23. The molecule has 0 aromatic heterocycles. The Balaban J connectivity index is 2.39. The van der Waals surface area contributed by atoms with Gasteiger partial charge in [0.2, 0.25) is 0 Å². The SMILES string of the molecule is O=C(NCCCCCI)c1ccc(F)c(Cl)c1. The van der Waals surface area contributed by atoms with Gasteiger partial charge >= 0.3 is 0 Å². The van der Waals surface area contributed by atoms with Crippen molar-refractivity contribution in [1.29, 1.82) is 0 Å². The molecule has 17 heavy (non-hydrogen) atoms. The lowest BCUT2D eigenvalue weighted by Crippen LogP contribution is -2.24. The predicted molar refractivity (Wildman–Crippen MR) is 76.5 cm³/mol. The van der Waals surface area contributed by atoms with Gasteiger partial charge in [0.25, 0.3) is 5.91 Å². The van der Waals surface area contributed by atoms with Crippen LogP contribution in [-0.4, -0.2) is 16.9 Å². The number of nitrogens with one attached hydrogen (secondary N) is 1. The van der Waals surface area contributed by atoms with Crippen molar-refractivity contribution in [3.8, 4) is 0 Å². The molecule has 0 atom stereocenters. The molecule has 5 heteroatoms. The van der Waals surface area contributed by atoms with Gasteiger partial charge in [-0.3, -0.25) is 4.79 Å². The first kappa shape index (κ1) is 14.7. The van der Waals surface area contributed by atoms with Gasteiger partial charge in [0, 0.05) is 12.1 Å². The lowest BCUT2D eigenvalue weighted by molar-refractivity contribution is 0.0953. The minimum Gasteiger partial charge on any atom is -0.352 e. The van der Waals surface area contributed by atoms with Gasteiger partial charge < -0.3 is 5.32 Å². The van der Waals surface area contributed by atoms with Crippen LogP contribution >= 0.6 is 34.2 Å². The van der Waals surface area contributed by atoms with E-state index in [1.54, 1.807) is 0 Å². The van der Waals surface area contributed by atoms with Gasteiger partial charge in [-0.2, -0.15) is 0 Å². The lowest BCUT2D eigenvalue weighted by Gasteiger charge is -2.05. The summed E-state index contributed by atoms with van der Waals surface area (Å²) in [7, 11) is 0. The number of amides is 1. The number of unbranched alkanes of at least 4 members (excludes halogenated alkanes) is 2. The fourth-order valence-electron chi connectivity index (χ4n) is 1.34. The summed E-state index contributed by atoms with van der Waals surface area (Å²) in [4.78, 5) is 11.6. The Morgan fingerprint density at radius 3 is 2.76 bits per heavy atom. The largest absolute Gasteiger partial charge is 0.352 e. The van der Waals surface area contributed by atoms with Crippen LogP contribution < -0.4 is 5.32 Å². The molecule has 1 aromatic carbocycles. The van der Waals surface area contributed by atoms with Gasteiger partial charge in [0.05, 0.1) is 5.02 Å². The van der Waals surface area contributed by atoms with Crippen molar-refractivity contribution in [2.75, 3.05) is 11.0 Å². The fraction of sp³-hybridized carbons (Fsp3) is 0.417. The molecule has 2 nitrogen and oxygen atoms in total. The molecule has 0 saturated heterocycles. The second-order valence-electron chi connectivity index (χ2n) is 3.63. The average molecular weight is 370 g/mol. The quantitative estimate of drug-likeness (QED) is 0.461. The van der Waals surface area contributed by atoms with E-state index in [0.717, 1.165) is 17.3 Å². The molecular formula is C12H14ClFINO. The third-order valence-electron chi connectivity index (χ3n) is 2.28. The molecule has 0 aliphatic heterocycles. The minimum atomic E-state index is -0.509. The molecule has 1 rings (SSSR count). The second-order valence-corrected chi connectivity index (χ2v) is 5.12. The summed E-state index contributed by atoms with van der Waals surface area (Å²) >= 11 is 7.94. The Kier molecular flexibility index (Phi) is 6.80. The molecule has 0 aliphatic carbocycles. The first-order chi connectivity index (χ1) is 8.15. The van der Waals surface area contributed by atoms with E-state index >= 15 is 0 Å². The van der Waals surface area contributed by atoms with Gasteiger partial charge in [-0.1, -0.05) is 40.6 Å². The third-order valence-corrected chi connectivity index (χ3v) is 3.33. The number of rotatable bonds is 6. The summed E-state index contributed by atoms with van der Waals surface area (Å²) in [6.45, 7) is 0.643. The summed E-state index contributed by atoms with van der Waals surface area (Å²) in [5.74, 6) is -0.716. The number of carbonyl (C=O) groups is 1. The van der Waals surface area contributed by atoms with Crippen molar-refractivity contribution in [3.05, 3.63) is 34.6 Å². The van der Waals surface area contributed by atoms with Gasteiger partial charge in [-0.05, 0) is 35.5 Å². The maximum absolute atomic E-state index is 12.9. The van der Waals surface area contributed by atoms with E-state index in [0.29, 0.717) is 12.1 Å². The highest BCUT2D eigenvalue weighted by Gasteiger charge is 2.07. The van der Waals surface area contributed by atoms with E-state index in [1.165, 1.54) is 24.6 Å². The Hall–Kier alpha value is -0.360. The molecule has 0 bridgehead atoms. The molecule has 1 amide bonds. The third kappa shape index (κ3) is 5.21. The summed E-state index contributed by atoms with van der Waals surface area (Å²) < 4.78 is 14.0. The van der Waals surface area contributed by atoms with Gasteiger partial charge in [-0.15, -0.1) is 0 Å². The van der Waals surface area contributed by atoms with E-state index in [4.69, 9.17) is 11.6 Å². The molecule has 0 unspecified atom stereocenters. The summed E-state index contributed by atoms with van der Waals surface area (Å²) in [5, 5.41) is 2.76. The zero-order valence-electron chi connectivity index (χ0n) is 9.31. The number of carbonyl (C=O) groups excluding carboxylic acids is 1. The highest BCUT2D eigenvalue weighted by molar-refractivity contribution is 14.1. The van der Waals surface area contributed by atoms with Crippen molar-refractivity contribution in [3.63, 3.8) is 0 Å². The number of alkyl halides is 1. The molecule has 0 saturated carbocycles. The molecule has 0 heterocycles. The van der Waals surface area contributed by atoms with Gasteiger partial charge in [-0.25, -0.2) is 4.39 Å². The minimum absolute atomic E-state index is 0.0254. The molecule has 94 valence electrons. The monoisotopic (exact) mass is 369 g/mol. The van der Waals surface area contributed by atoms with E-state index < -0.39 is 5.82 Å². The number of benzene rings is 1. The normalized spacial score (nSPS) is 10.3. The summed E-state index contributed by atoms with van der Waals surface area (Å²) in [6, 6.07) is 3.98. The number of hydrogen-bond donors (Lipinski definition) is 1. The molecule has 1 aromatic rings. The van der Waals surface area contributed by atoms with E-state index in [-0.39, 0.29) is 10.9 Å². The maximum Gasteiger partial charge on any atom is 0.251 e. The van der Waals surface area contributed by atoms with Crippen LogP contribution in [0.2, 0.25) is 5.02 Å². The Morgan fingerprint density at radius 1 is 1.35 bits per heavy atom. The fourth-order valence-corrected chi connectivity index (χ4v) is 2.06. The van der Waals surface area contributed by atoms with Gasteiger partial charge in [0.1, 0.15) is 5.82 Å². The Morgan fingerprint density at radius 2 is 2.12 bits per heavy atom. The van der Waals surface area contributed by atoms with E-state index in [9.17, 15) is 9.18 Å².